The first kappa shape index (κ1) is 12.6. The molecule has 0 aromatic carbocycles. The summed E-state index contributed by atoms with van der Waals surface area (Å²) in [7, 11) is 1.35. The van der Waals surface area contributed by atoms with E-state index in [9.17, 15) is 9.90 Å². The van der Waals surface area contributed by atoms with Gasteiger partial charge in [-0.1, -0.05) is 0 Å². The molecule has 4 heteroatoms. The Labute approximate surface area is 105 Å². The van der Waals surface area contributed by atoms with E-state index in [1.807, 2.05) is 0 Å². The number of carbonyl (C=O) groups is 1. The Hall–Kier alpha value is -0.870. The second-order valence-corrected chi connectivity index (χ2v) is 5.73. The van der Waals surface area contributed by atoms with Gasteiger partial charge in [-0.05, 0) is 44.2 Å². The van der Waals surface area contributed by atoms with E-state index in [0.29, 0.717) is 0 Å². The summed E-state index contributed by atoms with van der Waals surface area (Å²) in [6.45, 7) is 1.70. The monoisotopic (exact) mass is 254 g/mol. The highest BCUT2D eigenvalue weighted by Crippen LogP contribution is 2.35. The quantitative estimate of drug-likeness (QED) is 0.843. The third kappa shape index (κ3) is 2.53. The third-order valence-electron chi connectivity index (χ3n) is 3.35. The maximum Gasteiger partial charge on any atom is 0.311 e. The van der Waals surface area contributed by atoms with E-state index >= 15 is 0 Å². The van der Waals surface area contributed by atoms with Crippen LogP contribution in [0.4, 0.5) is 0 Å². The lowest BCUT2D eigenvalue weighted by atomic mass is 9.97. The van der Waals surface area contributed by atoms with Crippen molar-refractivity contribution in [2.75, 3.05) is 7.11 Å². The fourth-order valence-corrected chi connectivity index (χ4v) is 3.57. The fraction of sp³-hybridized carbons (Fsp3) is 0.615. The summed E-state index contributed by atoms with van der Waals surface area (Å²) < 4.78 is 4.66. The molecule has 0 fully saturated rings. The van der Waals surface area contributed by atoms with Gasteiger partial charge >= 0.3 is 5.97 Å². The van der Waals surface area contributed by atoms with Crippen LogP contribution in [0.1, 0.15) is 41.2 Å². The van der Waals surface area contributed by atoms with Gasteiger partial charge in [0, 0.05) is 9.75 Å². The molecule has 0 spiro atoms. The van der Waals surface area contributed by atoms with Crippen molar-refractivity contribution in [2.45, 2.75) is 38.7 Å². The lowest BCUT2D eigenvalue weighted by Crippen LogP contribution is -2.19. The molecule has 0 aliphatic heterocycles. The van der Waals surface area contributed by atoms with E-state index in [4.69, 9.17) is 0 Å². The number of thiophene rings is 1. The van der Waals surface area contributed by atoms with Gasteiger partial charge in [0.1, 0.15) is 6.10 Å². The molecule has 94 valence electrons. The second kappa shape index (κ2) is 5.19. The number of aryl methyl sites for hydroxylation is 2. The molecule has 1 heterocycles. The van der Waals surface area contributed by atoms with E-state index in [2.05, 4.69) is 10.8 Å². The Kier molecular flexibility index (Phi) is 3.84. The molecule has 3 nitrogen and oxygen atoms in total. The molecule has 0 saturated heterocycles. The van der Waals surface area contributed by atoms with Crippen LogP contribution < -0.4 is 0 Å². The molecular formula is C13H18O3S. The van der Waals surface area contributed by atoms with Gasteiger partial charge < -0.3 is 9.84 Å². The van der Waals surface area contributed by atoms with Crippen LogP contribution >= 0.6 is 11.3 Å². The molecule has 2 rings (SSSR count). The molecule has 2 atom stereocenters. The number of hydrogen-bond donors (Lipinski definition) is 1. The van der Waals surface area contributed by atoms with Gasteiger partial charge in [-0.15, -0.1) is 11.3 Å². The minimum atomic E-state index is -0.738. The van der Waals surface area contributed by atoms with Crippen LogP contribution in [0.15, 0.2) is 6.07 Å². The van der Waals surface area contributed by atoms with E-state index in [0.717, 1.165) is 17.7 Å². The zero-order valence-corrected chi connectivity index (χ0v) is 11.0. The number of methoxy groups -OCH3 is 1. The zero-order valence-electron chi connectivity index (χ0n) is 10.2. The molecule has 0 radical (unpaired) electrons. The Morgan fingerprint density at radius 1 is 1.47 bits per heavy atom. The van der Waals surface area contributed by atoms with Crippen molar-refractivity contribution in [3.63, 3.8) is 0 Å². The summed E-state index contributed by atoms with van der Waals surface area (Å²) >= 11 is 1.64. The number of fused-ring (bicyclic) bond motifs is 1. The van der Waals surface area contributed by atoms with Crippen molar-refractivity contribution >= 4 is 17.3 Å². The number of carbonyl (C=O) groups excluding carboxylic acids is 1. The normalized spacial score (nSPS) is 18.3. The van der Waals surface area contributed by atoms with Crippen molar-refractivity contribution in [3.8, 4) is 0 Å². The molecule has 0 bridgehead atoms. The summed E-state index contributed by atoms with van der Waals surface area (Å²) in [5.74, 6) is -0.857. The fourth-order valence-electron chi connectivity index (χ4n) is 2.22. The average Bonchev–Trinajstić information content (AvgIpc) is 2.79. The number of aliphatic hydroxyl groups excluding tert-OH is 1. The molecule has 2 unspecified atom stereocenters. The number of aliphatic hydroxyl groups is 1. The lowest BCUT2D eigenvalue weighted by molar-refractivity contribution is -0.148. The first-order valence-electron chi connectivity index (χ1n) is 6.01. The van der Waals surface area contributed by atoms with Crippen molar-refractivity contribution in [3.05, 3.63) is 21.4 Å². The molecule has 1 aromatic heterocycles. The third-order valence-corrected chi connectivity index (χ3v) is 4.66. The molecule has 17 heavy (non-hydrogen) atoms. The summed E-state index contributed by atoms with van der Waals surface area (Å²) in [6, 6.07) is 2.06. The van der Waals surface area contributed by atoms with Gasteiger partial charge in [-0.3, -0.25) is 4.79 Å². The molecular weight excluding hydrogens is 236 g/mol. The van der Waals surface area contributed by atoms with Gasteiger partial charge in [0.05, 0.1) is 13.0 Å². The topological polar surface area (TPSA) is 46.5 Å². The Balaban J connectivity index is 2.16. The zero-order chi connectivity index (χ0) is 12.4. The largest absolute Gasteiger partial charge is 0.469 e. The van der Waals surface area contributed by atoms with Crippen molar-refractivity contribution < 1.29 is 14.6 Å². The Morgan fingerprint density at radius 2 is 2.18 bits per heavy atom. The van der Waals surface area contributed by atoms with Gasteiger partial charge in [0.25, 0.3) is 0 Å². The van der Waals surface area contributed by atoms with Gasteiger partial charge in [-0.25, -0.2) is 0 Å². The van der Waals surface area contributed by atoms with Crippen LogP contribution in [0.25, 0.3) is 0 Å². The smallest absolute Gasteiger partial charge is 0.311 e. The van der Waals surface area contributed by atoms with E-state index in [-0.39, 0.29) is 5.97 Å². The van der Waals surface area contributed by atoms with Crippen LogP contribution in [-0.4, -0.2) is 18.2 Å². The lowest BCUT2D eigenvalue weighted by Gasteiger charge is -2.14. The summed E-state index contributed by atoms with van der Waals surface area (Å²) in [5.41, 5.74) is 1.35. The van der Waals surface area contributed by atoms with Crippen molar-refractivity contribution in [2.24, 2.45) is 5.92 Å². The first-order valence-corrected chi connectivity index (χ1v) is 6.82. The minimum absolute atomic E-state index is 0.358. The Bertz CT molecular complexity index is 387. The number of esters is 1. The van der Waals surface area contributed by atoms with E-state index in [1.165, 1.54) is 30.4 Å². The standard InChI is InChI=1S/C13H18O3S/c1-8(13(15)16-2)12(14)11-7-9-5-3-4-6-10(9)17-11/h7-8,12,14H,3-6H2,1-2H3. The summed E-state index contributed by atoms with van der Waals surface area (Å²) in [6.07, 6.45) is 3.93. The SMILES string of the molecule is COC(=O)C(C)C(O)c1cc2c(s1)CCCC2. The summed E-state index contributed by atoms with van der Waals surface area (Å²) in [4.78, 5) is 13.7. The molecule has 1 aromatic rings. The van der Waals surface area contributed by atoms with E-state index in [1.54, 1.807) is 18.3 Å². The van der Waals surface area contributed by atoms with E-state index < -0.39 is 12.0 Å². The molecule has 0 amide bonds. The van der Waals surface area contributed by atoms with Crippen LogP contribution in [0, 0.1) is 5.92 Å². The minimum Gasteiger partial charge on any atom is -0.469 e. The van der Waals surface area contributed by atoms with Crippen LogP contribution in [-0.2, 0) is 22.4 Å². The highest BCUT2D eigenvalue weighted by molar-refractivity contribution is 7.12. The highest BCUT2D eigenvalue weighted by Gasteiger charge is 2.27. The highest BCUT2D eigenvalue weighted by atomic mass is 32.1. The maximum absolute atomic E-state index is 11.4. The molecule has 1 aliphatic carbocycles. The second-order valence-electron chi connectivity index (χ2n) is 4.56. The van der Waals surface area contributed by atoms with Crippen molar-refractivity contribution in [1.82, 2.24) is 0 Å². The van der Waals surface area contributed by atoms with Gasteiger partial charge in [0.15, 0.2) is 0 Å². The number of ether oxygens (including phenoxy) is 1. The molecule has 1 N–H and O–H groups in total. The maximum atomic E-state index is 11.4. The Morgan fingerprint density at radius 3 is 2.82 bits per heavy atom. The van der Waals surface area contributed by atoms with Crippen molar-refractivity contribution in [1.29, 1.82) is 0 Å². The average molecular weight is 254 g/mol. The number of hydrogen-bond acceptors (Lipinski definition) is 4. The van der Waals surface area contributed by atoms with Gasteiger partial charge in [0.2, 0.25) is 0 Å². The molecule has 0 saturated carbocycles. The predicted octanol–water partition coefficient (Wildman–Crippen LogP) is 2.47. The van der Waals surface area contributed by atoms with Gasteiger partial charge in [-0.2, -0.15) is 0 Å². The first-order chi connectivity index (χ1) is 8.13. The summed E-state index contributed by atoms with van der Waals surface area (Å²) in [5, 5.41) is 10.1. The predicted molar refractivity (Wildman–Crippen MR) is 67.1 cm³/mol. The van der Waals surface area contributed by atoms with Crippen LogP contribution in [0.3, 0.4) is 0 Å². The molecule has 1 aliphatic rings. The van der Waals surface area contributed by atoms with Crippen LogP contribution in [0.5, 0.6) is 0 Å². The number of rotatable bonds is 3. The van der Waals surface area contributed by atoms with Crippen LogP contribution in [0.2, 0.25) is 0 Å².